The zero-order valence-electron chi connectivity index (χ0n) is 15.3. The van der Waals surface area contributed by atoms with Crippen LogP contribution in [0.15, 0.2) is 30.3 Å². The van der Waals surface area contributed by atoms with Gasteiger partial charge >= 0.3 is 0 Å². The molecule has 0 saturated heterocycles. The maximum absolute atomic E-state index is 12.3. The van der Waals surface area contributed by atoms with E-state index < -0.39 is 0 Å². The Labute approximate surface area is 153 Å². The van der Waals surface area contributed by atoms with Crippen LogP contribution in [0, 0.1) is 27.7 Å². The van der Waals surface area contributed by atoms with Gasteiger partial charge in [-0.1, -0.05) is 17.7 Å². The fraction of sp³-hybridized carbons (Fsp3) is 0.300. The molecule has 0 unspecified atom stereocenters. The highest BCUT2D eigenvalue weighted by molar-refractivity contribution is 7.12. The summed E-state index contributed by atoms with van der Waals surface area (Å²) in [5, 5.41) is 2.91. The number of nitrogens with zero attached hydrogens (tertiary/aromatic N) is 1. The molecule has 1 aromatic heterocycles. The topological polar surface area (TPSA) is 49.4 Å². The van der Waals surface area contributed by atoms with E-state index in [2.05, 4.69) is 5.32 Å². The van der Waals surface area contributed by atoms with E-state index in [9.17, 15) is 9.59 Å². The molecule has 4 nitrogen and oxygen atoms in total. The summed E-state index contributed by atoms with van der Waals surface area (Å²) in [6, 6.07) is 8.05. The summed E-state index contributed by atoms with van der Waals surface area (Å²) in [6.07, 6.45) is 3.28. The molecular weight excluding hydrogens is 332 g/mol. The molecule has 0 aliphatic heterocycles. The molecule has 1 heterocycles. The molecule has 0 bridgehead atoms. The van der Waals surface area contributed by atoms with Crippen molar-refractivity contribution in [2.45, 2.75) is 27.7 Å². The summed E-state index contributed by atoms with van der Waals surface area (Å²) in [7, 11) is 1.63. The third-order valence-corrected chi connectivity index (χ3v) is 4.82. The van der Waals surface area contributed by atoms with Crippen molar-refractivity contribution in [2.75, 3.05) is 18.9 Å². The average molecular weight is 356 g/mol. The number of aryl methyl sites for hydroxylation is 4. The minimum Gasteiger partial charge on any atom is -0.333 e. The summed E-state index contributed by atoms with van der Waals surface area (Å²) >= 11 is 1.62. The van der Waals surface area contributed by atoms with E-state index in [1.165, 1.54) is 15.9 Å². The number of benzene rings is 1. The number of thiophene rings is 1. The Balaban J connectivity index is 1.95. The molecule has 0 spiro atoms. The first-order valence-corrected chi connectivity index (χ1v) is 8.95. The molecule has 0 atom stereocenters. The molecule has 1 aromatic carbocycles. The van der Waals surface area contributed by atoms with Gasteiger partial charge in [0.15, 0.2) is 0 Å². The van der Waals surface area contributed by atoms with Crippen molar-refractivity contribution < 1.29 is 9.59 Å². The molecule has 0 saturated carbocycles. The lowest BCUT2D eigenvalue weighted by molar-refractivity contribution is -0.129. The average Bonchev–Trinajstić information content (AvgIpc) is 2.94. The smallest absolute Gasteiger partial charge is 0.246 e. The fourth-order valence-corrected chi connectivity index (χ4v) is 3.45. The number of amides is 2. The second-order valence-electron chi connectivity index (χ2n) is 6.30. The van der Waals surface area contributed by atoms with Crippen LogP contribution in [-0.4, -0.2) is 30.3 Å². The minimum absolute atomic E-state index is 0.0133. The van der Waals surface area contributed by atoms with Crippen molar-refractivity contribution in [3.63, 3.8) is 0 Å². The van der Waals surface area contributed by atoms with Gasteiger partial charge < -0.3 is 10.2 Å². The van der Waals surface area contributed by atoms with E-state index in [1.54, 1.807) is 24.5 Å². The molecular formula is C20H24N2O2S. The van der Waals surface area contributed by atoms with Gasteiger partial charge in [0.05, 0.1) is 6.54 Å². The molecule has 5 heteroatoms. The maximum Gasteiger partial charge on any atom is 0.246 e. The van der Waals surface area contributed by atoms with Crippen molar-refractivity contribution in [3.8, 4) is 0 Å². The summed E-state index contributed by atoms with van der Waals surface area (Å²) < 4.78 is 0. The van der Waals surface area contributed by atoms with Crippen molar-refractivity contribution in [3.05, 3.63) is 56.8 Å². The maximum atomic E-state index is 12.3. The van der Waals surface area contributed by atoms with Crippen LogP contribution in [0.25, 0.3) is 6.08 Å². The van der Waals surface area contributed by atoms with Gasteiger partial charge in [0.25, 0.3) is 0 Å². The normalized spacial score (nSPS) is 10.9. The van der Waals surface area contributed by atoms with Crippen molar-refractivity contribution in [2.24, 2.45) is 0 Å². The minimum atomic E-state index is -0.203. The number of anilines is 1. The van der Waals surface area contributed by atoms with Crippen molar-refractivity contribution >= 4 is 34.9 Å². The highest BCUT2D eigenvalue weighted by Crippen LogP contribution is 2.21. The second-order valence-corrected chi connectivity index (χ2v) is 7.62. The molecule has 1 N–H and O–H groups in total. The molecule has 0 aliphatic rings. The molecule has 2 amide bonds. The van der Waals surface area contributed by atoms with Crippen molar-refractivity contribution in [1.29, 1.82) is 0 Å². The lowest BCUT2D eigenvalue weighted by Gasteiger charge is -2.17. The molecule has 0 radical (unpaired) electrons. The van der Waals surface area contributed by atoms with Gasteiger partial charge in [0.1, 0.15) is 0 Å². The summed E-state index contributed by atoms with van der Waals surface area (Å²) in [5.41, 5.74) is 4.02. The monoisotopic (exact) mass is 356 g/mol. The predicted octanol–water partition coefficient (Wildman–Crippen LogP) is 4.09. The van der Waals surface area contributed by atoms with Crippen LogP contribution in [0.5, 0.6) is 0 Å². The number of rotatable bonds is 5. The Morgan fingerprint density at radius 3 is 2.32 bits per heavy atom. The molecule has 0 fully saturated rings. The Kier molecular flexibility index (Phi) is 6.15. The number of hydrogen-bond acceptors (Lipinski definition) is 3. The predicted molar refractivity (Wildman–Crippen MR) is 105 cm³/mol. The van der Waals surface area contributed by atoms with Gasteiger partial charge in [-0.25, -0.2) is 0 Å². The fourth-order valence-electron chi connectivity index (χ4n) is 2.67. The highest BCUT2D eigenvalue weighted by atomic mass is 32.1. The van der Waals surface area contributed by atoms with E-state index in [0.717, 1.165) is 27.3 Å². The highest BCUT2D eigenvalue weighted by Gasteiger charge is 2.13. The first-order valence-electron chi connectivity index (χ1n) is 8.13. The van der Waals surface area contributed by atoms with Gasteiger partial charge in [-0.3, -0.25) is 9.59 Å². The van der Waals surface area contributed by atoms with E-state index in [-0.39, 0.29) is 18.4 Å². The van der Waals surface area contributed by atoms with Crippen LogP contribution >= 0.6 is 11.3 Å². The number of nitrogens with one attached hydrogen (secondary N) is 1. The Bertz CT molecular complexity index is 798. The number of hydrogen-bond donors (Lipinski definition) is 1. The third-order valence-electron chi connectivity index (χ3n) is 3.85. The molecule has 132 valence electrons. The van der Waals surface area contributed by atoms with Gasteiger partial charge in [-0.05, 0) is 57.0 Å². The zero-order chi connectivity index (χ0) is 18.6. The Morgan fingerprint density at radius 2 is 1.76 bits per heavy atom. The van der Waals surface area contributed by atoms with Crippen LogP contribution < -0.4 is 5.32 Å². The lowest BCUT2D eigenvalue weighted by Crippen LogP contribution is -2.34. The standard InChI is InChI=1S/C20H24N2O2S/c1-13-10-14(2)20(15(3)11-13)21-18(23)12-22(5)19(24)9-8-17-7-6-16(4)25-17/h6-11H,12H2,1-5H3,(H,21,23)/b9-8+. The summed E-state index contributed by atoms with van der Waals surface area (Å²) in [5.74, 6) is -0.398. The first-order chi connectivity index (χ1) is 11.8. The molecule has 25 heavy (non-hydrogen) atoms. The van der Waals surface area contributed by atoms with Gasteiger partial charge in [-0.15, -0.1) is 11.3 Å². The largest absolute Gasteiger partial charge is 0.333 e. The number of likely N-dealkylation sites (N-methyl/N-ethyl adjacent to an activating group) is 1. The number of carbonyl (C=O) groups excluding carboxylic acids is 2. The Hall–Kier alpha value is -2.40. The molecule has 0 aliphatic carbocycles. The van der Waals surface area contributed by atoms with Gasteiger partial charge in [0, 0.05) is 28.6 Å². The summed E-state index contributed by atoms with van der Waals surface area (Å²) in [4.78, 5) is 28.0. The lowest BCUT2D eigenvalue weighted by atomic mass is 10.1. The molecule has 2 rings (SSSR count). The Morgan fingerprint density at radius 1 is 1.12 bits per heavy atom. The van der Waals surface area contributed by atoms with Gasteiger partial charge in [-0.2, -0.15) is 0 Å². The van der Waals surface area contributed by atoms with Crippen molar-refractivity contribution in [1.82, 2.24) is 4.90 Å². The van der Waals surface area contributed by atoms with E-state index >= 15 is 0 Å². The first kappa shape index (κ1) is 18.9. The second kappa shape index (κ2) is 8.12. The third kappa shape index (κ3) is 5.29. The van der Waals surface area contributed by atoms with E-state index in [1.807, 2.05) is 52.0 Å². The van der Waals surface area contributed by atoms with Crippen LogP contribution in [-0.2, 0) is 9.59 Å². The van der Waals surface area contributed by atoms with E-state index in [0.29, 0.717) is 0 Å². The van der Waals surface area contributed by atoms with Crippen LogP contribution in [0.1, 0.15) is 26.4 Å². The molecule has 2 aromatic rings. The van der Waals surface area contributed by atoms with E-state index in [4.69, 9.17) is 0 Å². The SMILES string of the molecule is Cc1cc(C)c(NC(=O)CN(C)C(=O)/C=C/c2ccc(C)s2)c(C)c1. The van der Waals surface area contributed by atoms with Crippen LogP contribution in [0.4, 0.5) is 5.69 Å². The number of carbonyl (C=O) groups is 2. The summed E-state index contributed by atoms with van der Waals surface area (Å²) in [6.45, 7) is 8.00. The quantitative estimate of drug-likeness (QED) is 0.820. The van der Waals surface area contributed by atoms with Gasteiger partial charge in [0.2, 0.25) is 11.8 Å². The zero-order valence-corrected chi connectivity index (χ0v) is 16.2. The van der Waals surface area contributed by atoms with Crippen LogP contribution in [0.3, 0.4) is 0 Å². The van der Waals surface area contributed by atoms with Crippen LogP contribution in [0.2, 0.25) is 0 Å².